The first-order chi connectivity index (χ1) is 17.9. The van der Waals surface area contributed by atoms with E-state index in [2.05, 4.69) is 0 Å². The van der Waals surface area contributed by atoms with Crippen LogP contribution in [0.3, 0.4) is 0 Å². The number of para-hydroxylation sites is 1. The van der Waals surface area contributed by atoms with Gasteiger partial charge in [-0.15, -0.1) is 0 Å². The highest BCUT2D eigenvalue weighted by Gasteiger charge is 2.44. The lowest BCUT2D eigenvalue weighted by molar-refractivity contribution is -0.139. The summed E-state index contributed by atoms with van der Waals surface area (Å²) in [6.45, 7) is 4.51. The Morgan fingerprint density at radius 1 is 1.05 bits per heavy atom. The van der Waals surface area contributed by atoms with Gasteiger partial charge in [0.25, 0.3) is 0 Å². The smallest absolute Gasteiger partial charge is 0.338 e. The summed E-state index contributed by atoms with van der Waals surface area (Å²) in [4.78, 5) is 35.1. The second-order valence-corrected chi connectivity index (χ2v) is 9.25. The maximum absolute atomic E-state index is 13.6. The number of benzene rings is 2. The maximum Gasteiger partial charge on any atom is 0.338 e. The molecule has 0 saturated carbocycles. The average molecular weight is 522 g/mol. The molecule has 0 N–H and O–H groups in total. The summed E-state index contributed by atoms with van der Waals surface area (Å²) in [5.41, 5.74) is 3.14. The molecule has 0 bridgehead atoms. The Labute approximate surface area is 221 Å². The molecule has 194 valence electrons. The zero-order valence-corrected chi connectivity index (χ0v) is 22.5. The van der Waals surface area contributed by atoms with Gasteiger partial charge >= 0.3 is 5.97 Å². The van der Waals surface area contributed by atoms with Crippen LogP contribution in [0, 0.1) is 0 Å². The van der Waals surface area contributed by atoms with Gasteiger partial charge < -0.3 is 24.0 Å². The molecule has 0 spiro atoms. The summed E-state index contributed by atoms with van der Waals surface area (Å²) >= 11 is 1.43. The molecule has 8 nitrogen and oxygen atoms in total. The van der Waals surface area contributed by atoms with Crippen LogP contribution in [0.15, 0.2) is 70.2 Å². The Morgan fingerprint density at radius 2 is 1.81 bits per heavy atom. The third-order valence-electron chi connectivity index (χ3n) is 6.31. The molecule has 2 aromatic rings. The van der Waals surface area contributed by atoms with Crippen LogP contribution in [0.5, 0.6) is 11.5 Å². The summed E-state index contributed by atoms with van der Waals surface area (Å²) < 4.78 is 17.0. The number of rotatable bonds is 9. The number of aliphatic imine (C=N–C) groups is 1. The first-order valence-corrected chi connectivity index (χ1v) is 13.0. The van der Waals surface area contributed by atoms with Crippen molar-refractivity contribution in [1.29, 1.82) is 0 Å². The van der Waals surface area contributed by atoms with E-state index in [1.807, 2.05) is 59.7 Å². The van der Waals surface area contributed by atoms with E-state index in [-0.39, 0.29) is 18.9 Å². The Hall–Kier alpha value is -3.72. The van der Waals surface area contributed by atoms with Crippen molar-refractivity contribution in [3.63, 3.8) is 0 Å². The second kappa shape index (κ2) is 11.6. The number of hydrogen-bond donors (Lipinski definition) is 0. The minimum atomic E-state index is -0.659. The fourth-order valence-corrected chi connectivity index (χ4v) is 5.29. The van der Waals surface area contributed by atoms with Gasteiger partial charge in [-0.1, -0.05) is 54.2 Å². The van der Waals surface area contributed by atoms with Crippen molar-refractivity contribution in [3.8, 4) is 11.5 Å². The highest BCUT2D eigenvalue weighted by Crippen LogP contribution is 2.50. The fourth-order valence-electron chi connectivity index (χ4n) is 4.38. The van der Waals surface area contributed by atoms with Crippen molar-refractivity contribution in [2.24, 2.45) is 4.99 Å². The number of carbonyl (C=O) groups is 2. The second-order valence-electron chi connectivity index (χ2n) is 8.41. The molecule has 2 aliphatic heterocycles. The number of carbonyl (C=O) groups excluding carboxylic acids is 2. The zero-order valence-electron chi connectivity index (χ0n) is 21.7. The molecule has 0 aromatic heterocycles. The number of nitrogens with zero attached hydrogens (tertiary/aromatic N) is 3. The minimum absolute atomic E-state index is 0.0255. The molecule has 1 atom stereocenters. The number of thioether (sulfide) groups is 1. The molecule has 2 aromatic carbocycles. The van der Waals surface area contributed by atoms with Gasteiger partial charge in [0.05, 0.1) is 44.6 Å². The third kappa shape index (κ3) is 5.09. The molecule has 4 rings (SSSR count). The predicted molar refractivity (Wildman–Crippen MR) is 145 cm³/mol. The van der Waals surface area contributed by atoms with Crippen LogP contribution in [0.25, 0.3) is 5.70 Å². The van der Waals surface area contributed by atoms with E-state index in [9.17, 15) is 9.59 Å². The van der Waals surface area contributed by atoms with E-state index in [0.717, 1.165) is 11.3 Å². The van der Waals surface area contributed by atoms with Gasteiger partial charge in [-0.3, -0.25) is 4.79 Å². The van der Waals surface area contributed by atoms with Crippen LogP contribution in [0.2, 0.25) is 0 Å². The molecule has 37 heavy (non-hydrogen) atoms. The Kier molecular flexibility index (Phi) is 8.23. The molecule has 1 amide bonds. The lowest BCUT2D eigenvalue weighted by atomic mass is 9.90. The zero-order chi connectivity index (χ0) is 26.5. The molecule has 0 aliphatic carbocycles. The summed E-state index contributed by atoms with van der Waals surface area (Å²) in [7, 11) is 4.92. The molecule has 0 unspecified atom stereocenters. The number of ether oxygens (including phenoxy) is 3. The number of esters is 1. The van der Waals surface area contributed by atoms with E-state index >= 15 is 0 Å². The number of methoxy groups -OCH3 is 2. The van der Waals surface area contributed by atoms with Crippen molar-refractivity contribution >= 4 is 34.5 Å². The highest BCUT2D eigenvalue weighted by atomic mass is 32.2. The normalized spacial score (nSPS) is 16.6. The number of fused-ring (bicyclic) bond motifs is 1. The number of hydrogen-bond acceptors (Lipinski definition) is 8. The van der Waals surface area contributed by atoms with Crippen LogP contribution < -0.4 is 9.47 Å². The largest absolute Gasteiger partial charge is 0.493 e. The Morgan fingerprint density at radius 3 is 2.46 bits per heavy atom. The molecule has 9 heteroatoms. The summed E-state index contributed by atoms with van der Waals surface area (Å²) in [5, 5.41) is 2.60. The van der Waals surface area contributed by atoms with E-state index < -0.39 is 12.0 Å². The van der Waals surface area contributed by atoms with Gasteiger partial charge in [0.2, 0.25) is 5.91 Å². The summed E-state index contributed by atoms with van der Waals surface area (Å²) in [6, 6.07) is 14.5. The molecule has 0 saturated heterocycles. The van der Waals surface area contributed by atoms with Crippen LogP contribution in [-0.2, 0) is 14.3 Å². The summed E-state index contributed by atoms with van der Waals surface area (Å²) in [5.74, 6) is 0.529. The lowest BCUT2D eigenvalue weighted by Gasteiger charge is -2.37. The van der Waals surface area contributed by atoms with Crippen molar-refractivity contribution in [3.05, 3.63) is 76.3 Å². The van der Waals surface area contributed by atoms with Crippen molar-refractivity contribution in [2.45, 2.75) is 26.3 Å². The molecule has 0 fully saturated rings. The van der Waals surface area contributed by atoms with Crippen LogP contribution in [-0.4, -0.2) is 61.3 Å². The quantitative estimate of drug-likeness (QED) is 0.437. The Balaban J connectivity index is 1.97. The molecular weight excluding hydrogens is 490 g/mol. The molecule has 0 radical (unpaired) electrons. The van der Waals surface area contributed by atoms with Crippen molar-refractivity contribution < 1.29 is 23.8 Å². The van der Waals surface area contributed by atoms with E-state index in [1.54, 1.807) is 39.2 Å². The standard InChI is InChI=1S/C28H31N3O5S/c1-6-30(3)22(32)16-19-17-37-28-29-24(18-12-9-8-10-13-18)23(27(33)36-7-2)25(31(19)28)20-14-11-15-21(34-4)26(20)35-5/h8-15,17,25H,6-7,16H2,1-5H3/t25-/m0/s1. The lowest BCUT2D eigenvalue weighted by Crippen LogP contribution is -2.38. The fraction of sp³-hybridized carbons (Fsp3) is 0.321. The number of amides is 1. The van der Waals surface area contributed by atoms with E-state index in [0.29, 0.717) is 40.0 Å². The minimum Gasteiger partial charge on any atom is -0.493 e. The molecule has 2 aliphatic rings. The van der Waals surface area contributed by atoms with E-state index in [4.69, 9.17) is 19.2 Å². The van der Waals surface area contributed by atoms with Gasteiger partial charge in [-0.25, -0.2) is 9.79 Å². The van der Waals surface area contributed by atoms with E-state index in [1.165, 1.54) is 11.8 Å². The monoisotopic (exact) mass is 521 g/mol. The average Bonchev–Trinajstić information content (AvgIpc) is 3.33. The van der Waals surface area contributed by atoms with Gasteiger partial charge in [-0.05, 0) is 25.3 Å². The van der Waals surface area contributed by atoms with Crippen molar-refractivity contribution in [2.75, 3.05) is 34.4 Å². The molecule has 2 heterocycles. The van der Waals surface area contributed by atoms with Gasteiger partial charge in [0, 0.05) is 30.4 Å². The molecular formula is C28H31N3O5S. The van der Waals surface area contributed by atoms with Gasteiger partial charge in [0.1, 0.15) is 0 Å². The van der Waals surface area contributed by atoms with Crippen molar-refractivity contribution in [1.82, 2.24) is 9.80 Å². The topological polar surface area (TPSA) is 80.7 Å². The van der Waals surface area contributed by atoms with Crippen LogP contribution in [0.4, 0.5) is 0 Å². The third-order valence-corrected chi connectivity index (χ3v) is 7.20. The van der Waals surface area contributed by atoms with Crippen LogP contribution in [0.1, 0.15) is 37.4 Å². The Bertz CT molecular complexity index is 1270. The first-order valence-electron chi connectivity index (χ1n) is 12.1. The summed E-state index contributed by atoms with van der Waals surface area (Å²) in [6.07, 6.45) is 0.163. The van der Waals surface area contributed by atoms with Gasteiger partial charge in [0.15, 0.2) is 16.7 Å². The predicted octanol–water partition coefficient (Wildman–Crippen LogP) is 4.85. The highest BCUT2D eigenvalue weighted by molar-refractivity contribution is 8.16. The number of amidine groups is 1. The maximum atomic E-state index is 13.6. The SMILES string of the molecule is CCOC(=O)C1=C(c2ccccc2)N=C2SC=C(CC(=O)N(C)CC)N2[C@H]1c1cccc(OC)c1OC. The first kappa shape index (κ1) is 26.3. The van der Waals surface area contributed by atoms with Crippen LogP contribution >= 0.6 is 11.8 Å². The van der Waals surface area contributed by atoms with Gasteiger partial charge in [-0.2, -0.15) is 0 Å².